The molecule has 2 nitrogen and oxygen atoms in total. The van der Waals surface area contributed by atoms with Crippen molar-refractivity contribution in [3.05, 3.63) is 33.9 Å². The molecule has 1 saturated carbocycles. The molecule has 0 spiro atoms. The molecular formula is C15H19BrN2. The van der Waals surface area contributed by atoms with Gasteiger partial charge in [0, 0.05) is 27.1 Å². The van der Waals surface area contributed by atoms with E-state index >= 15 is 0 Å². The van der Waals surface area contributed by atoms with E-state index in [0.29, 0.717) is 12.0 Å². The number of hydrogen-bond acceptors (Lipinski definition) is 1. The van der Waals surface area contributed by atoms with Crippen LogP contribution in [0, 0.1) is 12.8 Å². The summed E-state index contributed by atoms with van der Waals surface area (Å²) in [6, 6.07) is 6.87. The molecule has 2 atom stereocenters. The van der Waals surface area contributed by atoms with Gasteiger partial charge in [0.25, 0.3) is 0 Å². The number of rotatable bonds is 2. The Labute approximate surface area is 116 Å². The van der Waals surface area contributed by atoms with Crippen LogP contribution in [0.3, 0.4) is 0 Å². The lowest BCUT2D eigenvalue weighted by Crippen LogP contribution is -2.25. The van der Waals surface area contributed by atoms with E-state index in [-0.39, 0.29) is 0 Å². The summed E-state index contributed by atoms with van der Waals surface area (Å²) < 4.78 is 1.13. The highest BCUT2D eigenvalue weighted by Crippen LogP contribution is 2.32. The SMILES string of the molecule is Cc1[nH]c2cc(Br)ccc2c1CC1CCCC1N. The van der Waals surface area contributed by atoms with Gasteiger partial charge >= 0.3 is 0 Å². The van der Waals surface area contributed by atoms with Gasteiger partial charge < -0.3 is 10.7 Å². The van der Waals surface area contributed by atoms with Crippen LogP contribution in [0.5, 0.6) is 0 Å². The Morgan fingerprint density at radius 3 is 2.94 bits per heavy atom. The number of hydrogen-bond donors (Lipinski definition) is 2. The molecule has 0 bridgehead atoms. The van der Waals surface area contributed by atoms with Gasteiger partial charge in [-0.05, 0) is 49.8 Å². The van der Waals surface area contributed by atoms with E-state index in [1.54, 1.807) is 0 Å². The number of fused-ring (bicyclic) bond motifs is 1. The highest BCUT2D eigenvalue weighted by Gasteiger charge is 2.25. The molecule has 18 heavy (non-hydrogen) atoms. The van der Waals surface area contributed by atoms with Gasteiger partial charge in [-0.3, -0.25) is 0 Å². The molecule has 2 aromatic rings. The lowest BCUT2D eigenvalue weighted by atomic mass is 9.93. The predicted molar refractivity (Wildman–Crippen MR) is 79.8 cm³/mol. The summed E-state index contributed by atoms with van der Waals surface area (Å²) in [7, 11) is 0. The lowest BCUT2D eigenvalue weighted by molar-refractivity contribution is 0.479. The fourth-order valence-corrected chi connectivity index (χ4v) is 3.57. The second kappa shape index (κ2) is 4.71. The Kier molecular flexibility index (Phi) is 3.20. The molecule has 3 N–H and O–H groups in total. The minimum absolute atomic E-state index is 0.393. The van der Waals surface area contributed by atoms with E-state index in [9.17, 15) is 0 Å². The molecule has 0 saturated heterocycles. The number of aryl methyl sites for hydroxylation is 1. The maximum atomic E-state index is 6.20. The first-order valence-corrected chi connectivity index (χ1v) is 7.46. The maximum absolute atomic E-state index is 6.20. The van der Waals surface area contributed by atoms with Crippen LogP contribution in [-0.4, -0.2) is 11.0 Å². The van der Waals surface area contributed by atoms with Crippen molar-refractivity contribution in [2.24, 2.45) is 11.7 Å². The molecule has 1 aromatic heterocycles. The summed E-state index contributed by atoms with van der Waals surface area (Å²) in [6.07, 6.45) is 4.88. The van der Waals surface area contributed by atoms with Gasteiger partial charge in [-0.25, -0.2) is 0 Å². The zero-order chi connectivity index (χ0) is 12.7. The molecule has 0 aliphatic heterocycles. The van der Waals surface area contributed by atoms with Crippen LogP contribution in [0.1, 0.15) is 30.5 Å². The molecule has 3 heteroatoms. The van der Waals surface area contributed by atoms with Crippen LogP contribution in [0.4, 0.5) is 0 Å². The Morgan fingerprint density at radius 1 is 1.39 bits per heavy atom. The van der Waals surface area contributed by atoms with Gasteiger partial charge in [-0.1, -0.05) is 28.4 Å². The molecule has 96 valence electrons. The second-order valence-corrected chi connectivity index (χ2v) is 6.39. The van der Waals surface area contributed by atoms with Crippen molar-refractivity contribution in [1.82, 2.24) is 4.98 Å². The van der Waals surface area contributed by atoms with Gasteiger partial charge in [-0.2, -0.15) is 0 Å². The molecule has 1 aromatic carbocycles. The van der Waals surface area contributed by atoms with Crippen LogP contribution in [0.25, 0.3) is 10.9 Å². The van der Waals surface area contributed by atoms with Gasteiger partial charge in [0.15, 0.2) is 0 Å². The first kappa shape index (κ1) is 12.2. The average molecular weight is 307 g/mol. The second-order valence-electron chi connectivity index (χ2n) is 5.48. The highest BCUT2D eigenvalue weighted by molar-refractivity contribution is 9.10. The van der Waals surface area contributed by atoms with Crippen molar-refractivity contribution in [2.75, 3.05) is 0 Å². The smallest absolute Gasteiger partial charge is 0.0470 e. The molecule has 1 fully saturated rings. The first-order chi connectivity index (χ1) is 8.65. The summed E-state index contributed by atoms with van der Waals surface area (Å²) in [5.41, 5.74) is 10.2. The minimum Gasteiger partial charge on any atom is -0.358 e. The van der Waals surface area contributed by atoms with Crippen molar-refractivity contribution in [3.8, 4) is 0 Å². The molecular weight excluding hydrogens is 288 g/mol. The molecule has 1 aliphatic carbocycles. The Balaban J connectivity index is 1.98. The predicted octanol–water partition coefficient (Wildman–Crippen LogP) is 3.91. The average Bonchev–Trinajstić information content (AvgIpc) is 2.85. The summed E-state index contributed by atoms with van der Waals surface area (Å²) in [4.78, 5) is 3.49. The van der Waals surface area contributed by atoms with Crippen LogP contribution in [0.15, 0.2) is 22.7 Å². The fourth-order valence-electron chi connectivity index (χ4n) is 3.21. The summed E-state index contributed by atoms with van der Waals surface area (Å²) in [5.74, 6) is 0.659. The zero-order valence-electron chi connectivity index (χ0n) is 10.7. The molecule has 2 unspecified atom stereocenters. The monoisotopic (exact) mass is 306 g/mol. The van der Waals surface area contributed by atoms with Crippen LogP contribution in [0.2, 0.25) is 0 Å². The molecule has 1 heterocycles. The maximum Gasteiger partial charge on any atom is 0.0470 e. The van der Waals surface area contributed by atoms with Crippen LogP contribution in [-0.2, 0) is 6.42 Å². The summed E-state index contributed by atoms with van der Waals surface area (Å²) in [6.45, 7) is 2.17. The largest absolute Gasteiger partial charge is 0.358 e. The number of aromatic amines is 1. The Bertz CT molecular complexity index is 573. The Hall–Kier alpha value is -0.800. The summed E-state index contributed by atoms with van der Waals surface area (Å²) in [5, 5.41) is 1.36. The molecule has 0 radical (unpaired) electrons. The van der Waals surface area contributed by atoms with Crippen molar-refractivity contribution < 1.29 is 0 Å². The van der Waals surface area contributed by atoms with Crippen LogP contribution < -0.4 is 5.73 Å². The minimum atomic E-state index is 0.393. The number of nitrogens with one attached hydrogen (secondary N) is 1. The lowest BCUT2D eigenvalue weighted by Gasteiger charge is -2.15. The van der Waals surface area contributed by atoms with Crippen molar-refractivity contribution in [3.63, 3.8) is 0 Å². The van der Waals surface area contributed by atoms with Gasteiger partial charge in [0.1, 0.15) is 0 Å². The zero-order valence-corrected chi connectivity index (χ0v) is 12.3. The van der Waals surface area contributed by atoms with E-state index in [2.05, 4.69) is 46.0 Å². The van der Waals surface area contributed by atoms with Gasteiger partial charge in [0.2, 0.25) is 0 Å². The molecule has 1 aliphatic rings. The third-order valence-electron chi connectivity index (χ3n) is 4.27. The van der Waals surface area contributed by atoms with E-state index < -0.39 is 0 Å². The van der Waals surface area contributed by atoms with Gasteiger partial charge in [0.05, 0.1) is 0 Å². The summed E-state index contributed by atoms with van der Waals surface area (Å²) >= 11 is 3.52. The number of benzene rings is 1. The highest BCUT2D eigenvalue weighted by atomic mass is 79.9. The normalized spacial score (nSPS) is 23.9. The number of halogens is 1. The van der Waals surface area contributed by atoms with E-state index in [4.69, 9.17) is 5.73 Å². The van der Waals surface area contributed by atoms with Crippen molar-refractivity contribution in [1.29, 1.82) is 0 Å². The number of nitrogens with two attached hydrogens (primary N) is 1. The van der Waals surface area contributed by atoms with Gasteiger partial charge in [-0.15, -0.1) is 0 Å². The van der Waals surface area contributed by atoms with E-state index in [1.807, 2.05) is 0 Å². The first-order valence-electron chi connectivity index (χ1n) is 6.67. The standard InChI is InChI=1S/C15H19BrN2/c1-9-13(7-10-3-2-4-14(10)17)12-6-5-11(16)8-15(12)18-9/h5-6,8,10,14,18H,2-4,7,17H2,1H3. The topological polar surface area (TPSA) is 41.8 Å². The fraction of sp³-hybridized carbons (Fsp3) is 0.467. The molecule has 3 rings (SSSR count). The molecule has 0 amide bonds. The van der Waals surface area contributed by atoms with E-state index in [1.165, 1.54) is 41.4 Å². The Morgan fingerprint density at radius 2 is 2.22 bits per heavy atom. The van der Waals surface area contributed by atoms with Crippen LogP contribution >= 0.6 is 15.9 Å². The van der Waals surface area contributed by atoms with E-state index in [0.717, 1.165) is 10.9 Å². The quantitative estimate of drug-likeness (QED) is 0.868. The van der Waals surface area contributed by atoms with Crippen molar-refractivity contribution in [2.45, 2.75) is 38.6 Å². The third kappa shape index (κ3) is 2.10. The number of H-pyrrole nitrogens is 1. The van der Waals surface area contributed by atoms with Crippen molar-refractivity contribution >= 4 is 26.8 Å². The third-order valence-corrected chi connectivity index (χ3v) is 4.76. The number of aromatic nitrogens is 1.